The summed E-state index contributed by atoms with van der Waals surface area (Å²) in [4.78, 5) is 50.9. The second kappa shape index (κ2) is 11.5. The Morgan fingerprint density at radius 2 is 1.84 bits per heavy atom. The van der Waals surface area contributed by atoms with Crippen LogP contribution in [-0.4, -0.2) is 39.3 Å². The molecule has 0 radical (unpaired) electrons. The average molecular weight is 585 g/mol. The molecule has 2 amide bonds. The lowest BCUT2D eigenvalue weighted by atomic mass is 9.75. The van der Waals surface area contributed by atoms with Crippen LogP contribution in [0.4, 0.5) is 20.2 Å². The molecule has 10 heteroatoms. The summed E-state index contributed by atoms with van der Waals surface area (Å²) in [5.41, 5.74) is 3.25. The first-order valence-electron chi connectivity index (χ1n) is 14.4. The van der Waals surface area contributed by atoms with Crippen molar-refractivity contribution >= 4 is 45.7 Å². The van der Waals surface area contributed by atoms with Crippen LogP contribution in [0.5, 0.6) is 0 Å². The fourth-order valence-corrected chi connectivity index (χ4v) is 6.20. The Bertz CT molecular complexity index is 1780. The Kier molecular flexibility index (Phi) is 7.60. The molecule has 2 heterocycles. The number of nitrogens with zero attached hydrogens (tertiary/aromatic N) is 2. The van der Waals surface area contributed by atoms with E-state index in [0.717, 1.165) is 5.56 Å². The summed E-state index contributed by atoms with van der Waals surface area (Å²) in [6.45, 7) is 1.23. The third-order valence-electron chi connectivity index (χ3n) is 8.40. The monoisotopic (exact) mass is 584 g/mol. The number of hydrogen-bond acceptors (Lipinski definition) is 5. The van der Waals surface area contributed by atoms with Crippen molar-refractivity contribution in [3.05, 3.63) is 77.7 Å². The SMILES string of the molecule is CC(=O)c1nn(CC(=O)C2CC[C@H](F)C[C@H]2C(=O)Nc2cccc(-c3ccc4c(c3)CCC(=O)N4)c2F)c2ccccc12. The Balaban J connectivity index is 1.23. The zero-order valence-electron chi connectivity index (χ0n) is 23.5. The smallest absolute Gasteiger partial charge is 0.228 e. The Labute approximate surface area is 246 Å². The molecule has 1 saturated carbocycles. The van der Waals surface area contributed by atoms with Gasteiger partial charge in [-0.25, -0.2) is 8.78 Å². The molecule has 2 N–H and O–H groups in total. The van der Waals surface area contributed by atoms with Gasteiger partial charge in [-0.1, -0.05) is 36.4 Å². The van der Waals surface area contributed by atoms with Gasteiger partial charge in [-0.2, -0.15) is 5.10 Å². The number of carbonyl (C=O) groups is 4. The summed E-state index contributed by atoms with van der Waals surface area (Å²) in [5, 5.41) is 10.4. The number of aromatic nitrogens is 2. The Morgan fingerprint density at radius 3 is 2.65 bits per heavy atom. The molecule has 3 atom stereocenters. The second-order valence-corrected chi connectivity index (χ2v) is 11.2. The van der Waals surface area contributed by atoms with E-state index in [2.05, 4.69) is 15.7 Å². The van der Waals surface area contributed by atoms with Crippen LogP contribution >= 0.6 is 0 Å². The number of Topliss-reactive ketones (excluding diaryl/α,β-unsaturated/α-hetero) is 2. The van der Waals surface area contributed by atoms with Gasteiger partial charge in [-0.05, 0) is 61.1 Å². The molecule has 1 unspecified atom stereocenters. The lowest BCUT2D eigenvalue weighted by Crippen LogP contribution is -2.40. The number of amides is 2. The number of rotatable bonds is 7. The van der Waals surface area contributed by atoms with Crippen LogP contribution in [0.25, 0.3) is 22.0 Å². The summed E-state index contributed by atoms with van der Waals surface area (Å²) < 4.78 is 31.8. The molecule has 0 spiro atoms. The van der Waals surface area contributed by atoms with Gasteiger partial charge in [-0.3, -0.25) is 23.9 Å². The van der Waals surface area contributed by atoms with E-state index in [-0.39, 0.29) is 60.2 Å². The maximum Gasteiger partial charge on any atom is 0.228 e. The van der Waals surface area contributed by atoms with E-state index in [1.54, 1.807) is 48.5 Å². The summed E-state index contributed by atoms with van der Waals surface area (Å²) >= 11 is 0. The van der Waals surface area contributed by atoms with E-state index in [1.807, 2.05) is 6.07 Å². The van der Waals surface area contributed by atoms with E-state index >= 15 is 4.39 Å². The van der Waals surface area contributed by atoms with Crippen molar-refractivity contribution in [2.24, 2.45) is 11.8 Å². The first kappa shape index (κ1) is 28.4. The minimum absolute atomic E-state index is 0.0649. The number of alkyl halides is 1. The molecule has 6 rings (SSSR count). The van der Waals surface area contributed by atoms with Crippen LogP contribution in [0.3, 0.4) is 0 Å². The van der Waals surface area contributed by atoms with Gasteiger partial charge in [0.15, 0.2) is 17.4 Å². The number of nitrogens with one attached hydrogen (secondary N) is 2. The van der Waals surface area contributed by atoms with Crippen molar-refractivity contribution < 1.29 is 28.0 Å². The maximum absolute atomic E-state index is 15.8. The lowest BCUT2D eigenvalue weighted by Gasteiger charge is -2.31. The molecule has 0 bridgehead atoms. The van der Waals surface area contributed by atoms with Crippen molar-refractivity contribution in [1.82, 2.24) is 9.78 Å². The minimum atomic E-state index is -1.26. The molecule has 220 valence electrons. The van der Waals surface area contributed by atoms with Crippen LogP contribution in [-0.2, 0) is 27.3 Å². The molecule has 1 aromatic heterocycles. The number of fused-ring (bicyclic) bond motifs is 2. The number of halogens is 2. The largest absolute Gasteiger partial charge is 0.326 e. The number of hydrogen-bond donors (Lipinski definition) is 2. The highest BCUT2D eigenvalue weighted by molar-refractivity contribution is 6.05. The molecule has 1 aliphatic heterocycles. The summed E-state index contributed by atoms with van der Waals surface area (Å²) in [6, 6.07) is 17.0. The van der Waals surface area contributed by atoms with Gasteiger partial charge in [0.1, 0.15) is 18.4 Å². The standard InChI is InChI=1S/C33H30F2N4O4/c1-18(40)32-24-5-2-3-8-28(24)39(38-32)17-29(41)23-12-11-21(34)16-25(23)33(43)37-27-7-4-6-22(31(27)35)19-9-13-26-20(15-19)10-14-30(42)36-26/h2-9,13,15,21,23,25H,10-12,14,16-17H2,1H3,(H,36,42)(H,37,43)/t21-,23?,25+/m0/s1. The van der Waals surface area contributed by atoms with E-state index in [9.17, 15) is 23.6 Å². The van der Waals surface area contributed by atoms with E-state index in [1.165, 1.54) is 17.7 Å². The Morgan fingerprint density at radius 1 is 1.02 bits per heavy atom. The number of carbonyl (C=O) groups excluding carboxylic acids is 4. The van der Waals surface area contributed by atoms with Gasteiger partial charge in [0.05, 0.1) is 17.1 Å². The van der Waals surface area contributed by atoms with Crippen LogP contribution in [0.15, 0.2) is 60.7 Å². The van der Waals surface area contributed by atoms with Gasteiger partial charge in [0, 0.05) is 35.9 Å². The molecule has 3 aromatic carbocycles. The summed E-state index contributed by atoms with van der Waals surface area (Å²) in [5.74, 6) is -3.66. The molecule has 2 aliphatic rings. The van der Waals surface area contributed by atoms with Crippen LogP contribution in [0.2, 0.25) is 0 Å². The highest BCUT2D eigenvalue weighted by Gasteiger charge is 2.40. The van der Waals surface area contributed by atoms with Crippen molar-refractivity contribution in [3.63, 3.8) is 0 Å². The Hall–Kier alpha value is -4.73. The number of ketones is 2. The van der Waals surface area contributed by atoms with E-state index < -0.39 is 29.7 Å². The normalized spacial score (nSPS) is 19.9. The lowest BCUT2D eigenvalue weighted by molar-refractivity contribution is -0.134. The zero-order chi connectivity index (χ0) is 30.2. The molecule has 1 fully saturated rings. The third kappa shape index (κ3) is 5.57. The number of benzene rings is 3. The molecular formula is C33H30F2N4O4. The van der Waals surface area contributed by atoms with Crippen LogP contribution in [0, 0.1) is 17.7 Å². The third-order valence-corrected chi connectivity index (χ3v) is 8.40. The van der Waals surface area contributed by atoms with Gasteiger partial charge in [0.25, 0.3) is 0 Å². The van der Waals surface area contributed by atoms with Crippen molar-refractivity contribution in [1.29, 1.82) is 0 Å². The van der Waals surface area contributed by atoms with E-state index in [0.29, 0.717) is 35.0 Å². The van der Waals surface area contributed by atoms with Gasteiger partial charge in [0.2, 0.25) is 11.8 Å². The summed E-state index contributed by atoms with van der Waals surface area (Å²) in [7, 11) is 0. The first-order valence-corrected chi connectivity index (χ1v) is 14.4. The number of para-hydroxylation sites is 1. The maximum atomic E-state index is 15.8. The summed E-state index contributed by atoms with van der Waals surface area (Å²) in [6.07, 6.45) is -0.216. The predicted molar refractivity (Wildman–Crippen MR) is 158 cm³/mol. The molecule has 8 nitrogen and oxygen atoms in total. The predicted octanol–water partition coefficient (Wildman–Crippen LogP) is 5.89. The molecule has 43 heavy (non-hydrogen) atoms. The van der Waals surface area contributed by atoms with Crippen molar-refractivity contribution in [2.75, 3.05) is 10.6 Å². The molecule has 4 aromatic rings. The van der Waals surface area contributed by atoms with E-state index in [4.69, 9.17) is 0 Å². The average Bonchev–Trinajstić information content (AvgIpc) is 3.36. The van der Waals surface area contributed by atoms with Crippen molar-refractivity contribution in [2.45, 2.75) is 51.7 Å². The fraction of sp³-hybridized carbons (Fsp3) is 0.303. The van der Waals surface area contributed by atoms with Gasteiger partial charge in [-0.15, -0.1) is 0 Å². The number of anilines is 2. The topological polar surface area (TPSA) is 110 Å². The second-order valence-electron chi connectivity index (χ2n) is 11.2. The minimum Gasteiger partial charge on any atom is -0.326 e. The van der Waals surface area contributed by atoms with Gasteiger partial charge < -0.3 is 10.6 Å². The number of aryl methyl sites for hydroxylation is 1. The molecule has 0 saturated heterocycles. The fourth-order valence-electron chi connectivity index (χ4n) is 6.20. The zero-order valence-corrected chi connectivity index (χ0v) is 23.5. The van der Waals surface area contributed by atoms with Gasteiger partial charge >= 0.3 is 0 Å². The highest BCUT2D eigenvalue weighted by atomic mass is 19.1. The highest BCUT2D eigenvalue weighted by Crippen LogP contribution is 2.36. The first-order chi connectivity index (χ1) is 20.7. The van der Waals surface area contributed by atoms with Crippen LogP contribution < -0.4 is 10.6 Å². The molecule has 1 aliphatic carbocycles. The quantitative estimate of drug-likeness (QED) is 0.263. The molecular weight excluding hydrogens is 554 g/mol. The van der Waals surface area contributed by atoms with Crippen LogP contribution in [0.1, 0.15) is 48.7 Å². The van der Waals surface area contributed by atoms with Crippen molar-refractivity contribution in [3.8, 4) is 11.1 Å².